The van der Waals surface area contributed by atoms with Crippen LogP contribution in [0.5, 0.6) is 0 Å². The highest BCUT2D eigenvalue weighted by Crippen LogP contribution is 2.28. The van der Waals surface area contributed by atoms with Crippen LogP contribution in [-0.2, 0) is 12.8 Å². The molecule has 0 aliphatic heterocycles. The number of benzene rings is 2. The van der Waals surface area contributed by atoms with Gasteiger partial charge in [0.05, 0.1) is 5.69 Å². The maximum Gasteiger partial charge on any atom is 0.250 e. The van der Waals surface area contributed by atoms with E-state index in [1.165, 1.54) is 18.4 Å². The third-order valence-corrected chi connectivity index (χ3v) is 5.69. The van der Waals surface area contributed by atoms with E-state index in [1.807, 2.05) is 31.2 Å². The first-order valence-corrected chi connectivity index (χ1v) is 10.5. The number of nitriles is 1. The van der Waals surface area contributed by atoms with Gasteiger partial charge >= 0.3 is 0 Å². The molecule has 150 valence electrons. The zero-order chi connectivity index (χ0) is 21.1. The zero-order valence-electron chi connectivity index (χ0n) is 17.6. The van der Waals surface area contributed by atoms with Gasteiger partial charge < -0.3 is 0 Å². The highest BCUT2D eigenvalue weighted by Gasteiger charge is 2.25. The number of unbranched alkanes of at least 4 members (excludes halogenated alkanes) is 1. The van der Waals surface area contributed by atoms with Crippen LogP contribution in [0, 0.1) is 18.3 Å². The second-order valence-corrected chi connectivity index (χ2v) is 7.68. The van der Waals surface area contributed by atoms with Crippen LogP contribution in [0.2, 0.25) is 0 Å². The number of hydrogen-bond donors (Lipinski definition) is 2. The summed E-state index contributed by atoms with van der Waals surface area (Å²) in [5, 5.41) is 13.5. The van der Waals surface area contributed by atoms with Crippen LogP contribution < -0.4 is 9.72 Å². The van der Waals surface area contributed by atoms with Crippen molar-refractivity contribution >= 4 is 28.2 Å². The molecule has 2 aromatic carbocycles. The van der Waals surface area contributed by atoms with Gasteiger partial charge in [-0.25, -0.2) is 0 Å². The van der Waals surface area contributed by atoms with Crippen molar-refractivity contribution in [2.75, 3.05) is 5.32 Å². The molecule has 4 aromatic rings. The molecule has 0 fully saturated rings. The number of para-hydroxylation sites is 2. The van der Waals surface area contributed by atoms with E-state index in [1.54, 1.807) is 0 Å². The number of aromatic nitrogens is 2. The number of nitrogens with zero attached hydrogens (tertiary/aromatic N) is 2. The average Bonchev–Trinajstić information content (AvgIpc) is 3.15. The van der Waals surface area contributed by atoms with Gasteiger partial charge in [0.1, 0.15) is 22.7 Å². The van der Waals surface area contributed by atoms with Gasteiger partial charge in [0.2, 0.25) is 11.5 Å². The maximum absolute atomic E-state index is 9.89. The number of allylic oxidation sites excluding steroid dienone is 1. The van der Waals surface area contributed by atoms with E-state index in [-0.39, 0.29) is 0 Å². The number of imidazole rings is 1. The molecule has 2 aromatic heterocycles. The third kappa shape index (κ3) is 3.44. The van der Waals surface area contributed by atoms with Gasteiger partial charge in [-0.15, -0.1) is 6.58 Å². The number of pyridine rings is 1. The smallest absolute Gasteiger partial charge is 0.250 e. The van der Waals surface area contributed by atoms with E-state index in [0.29, 0.717) is 12.0 Å². The van der Waals surface area contributed by atoms with Gasteiger partial charge in [-0.2, -0.15) is 9.66 Å². The van der Waals surface area contributed by atoms with Crippen LogP contribution in [-0.4, -0.2) is 4.98 Å². The van der Waals surface area contributed by atoms with E-state index >= 15 is 0 Å². The topological polar surface area (TPSA) is 55.7 Å². The Morgan fingerprint density at radius 3 is 2.63 bits per heavy atom. The summed E-state index contributed by atoms with van der Waals surface area (Å²) in [5.74, 6) is 0.972. The Morgan fingerprint density at radius 2 is 1.93 bits per heavy atom. The van der Waals surface area contributed by atoms with E-state index in [4.69, 9.17) is 0 Å². The molecule has 0 aliphatic rings. The van der Waals surface area contributed by atoms with Crippen LogP contribution in [0.4, 0.5) is 11.5 Å². The highest BCUT2D eigenvalue weighted by atomic mass is 15.1. The van der Waals surface area contributed by atoms with Crippen molar-refractivity contribution in [1.29, 1.82) is 5.26 Å². The number of fused-ring (bicyclic) bond motifs is 3. The fourth-order valence-corrected chi connectivity index (χ4v) is 4.06. The van der Waals surface area contributed by atoms with E-state index in [9.17, 15) is 5.26 Å². The molecule has 0 amide bonds. The molecular weight excluding hydrogens is 368 g/mol. The van der Waals surface area contributed by atoms with E-state index < -0.39 is 0 Å². The van der Waals surface area contributed by atoms with Crippen molar-refractivity contribution in [3.05, 3.63) is 83.4 Å². The van der Waals surface area contributed by atoms with Gasteiger partial charge in [0.25, 0.3) is 0 Å². The van der Waals surface area contributed by atoms with Crippen LogP contribution in [0.1, 0.15) is 42.0 Å². The third-order valence-electron chi connectivity index (χ3n) is 5.69. The Balaban J connectivity index is 1.92. The van der Waals surface area contributed by atoms with Crippen molar-refractivity contribution in [2.45, 2.75) is 39.5 Å². The molecule has 0 saturated carbocycles. The first kappa shape index (κ1) is 19.7. The highest BCUT2D eigenvalue weighted by molar-refractivity contribution is 5.78. The monoisotopic (exact) mass is 395 g/mol. The Morgan fingerprint density at radius 1 is 1.17 bits per heavy atom. The summed E-state index contributed by atoms with van der Waals surface area (Å²) in [5.41, 5.74) is 7.97. The number of aromatic amines is 1. The van der Waals surface area contributed by atoms with Crippen molar-refractivity contribution in [3.8, 4) is 6.07 Å². The number of hydrogen-bond acceptors (Lipinski definition) is 2. The number of nitrogens with one attached hydrogen (secondary N) is 2. The van der Waals surface area contributed by atoms with Gasteiger partial charge in [-0.3, -0.25) is 10.3 Å². The minimum Gasteiger partial charge on any atom is -0.273 e. The Labute approximate surface area is 177 Å². The van der Waals surface area contributed by atoms with Gasteiger partial charge in [-0.05, 0) is 61.6 Å². The van der Waals surface area contributed by atoms with Crippen LogP contribution in [0.25, 0.3) is 16.7 Å². The fraction of sp³-hybridized carbons (Fsp3) is 0.231. The molecule has 4 heteroatoms. The standard InChI is InChI=1S/C26H26N4/c1-4-6-10-19-13-15-20(16-14-19)28-25-21(9-5-2)18(3)22(17-27)26-29-23-11-7-8-12-24(23)30(25)26/h5,7-8,11-16H,2,4,6,9-10H2,1,3H3,(H,28,29)/p+1. The lowest BCUT2D eigenvalue weighted by molar-refractivity contribution is -0.465. The molecule has 2 heterocycles. The van der Waals surface area contributed by atoms with Gasteiger partial charge in [0.15, 0.2) is 0 Å². The van der Waals surface area contributed by atoms with Crippen molar-refractivity contribution in [3.63, 3.8) is 0 Å². The predicted molar refractivity (Wildman–Crippen MR) is 123 cm³/mol. The summed E-state index contributed by atoms with van der Waals surface area (Å²) in [6.07, 6.45) is 6.08. The predicted octanol–water partition coefficient (Wildman–Crippen LogP) is 5.90. The summed E-state index contributed by atoms with van der Waals surface area (Å²) in [4.78, 5) is 3.44. The Hall–Kier alpha value is -3.58. The molecule has 0 bridgehead atoms. The molecule has 4 nitrogen and oxygen atoms in total. The zero-order valence-corrected chi connectivity index (χ0v) is 17.6. The number of rotatable bonds is 7. The number of aryl methyl sites for hydroxylation is 1. The Kier molecular flexibility index (Phi) is 5.54. The van der Waals surface area contributed by atoms with Crippen LogP contribution in [0.3, 0.4) is 0 Å². The molecule has 0 unspecified atom stereocenters. The number of H-pyrrole nitrogens is 1. The van der Waals surface area contributed by atoms with Crippen molar-refractivity contribution in [2.24, 2.45) is 0 Å². The first-order valence-electron chi connectivity index (χ1n) is 10.5. The minimum atomic E-state index is 0.670. The molecule has 0 atom stereocenters. The summed E-state index contributed by atoms with van der Waals surface area (Å²) in [6, 6.07) is 19.2. The second kappa shape index (κ2) is 8.42. The van der Waals surface area contributed by atoms with Crippen LogP contribution in [0.15, 0.2) is 61.2 Å². The summed E-state index contributed by atoms with van der Waals surface area (Å²) in [7, 11) is 0. The van der Waals surface area contributed by atoms with E-state index in [0.717, 1.165) is 45.7 Å². The lowest BCUT2D eigenvalue weighted by Gasteiger charge is -2.13. The van der Waals surface area contributed by atoms with Crippen molar-refractivity contribution < 1.29 is 4.40 Å². The largest absolute Gasteiger partial charge is 0.273 e. The quantitative estimate of drug-likeness (QED) is 0.302. The van der Waals surface area contributed by atoms with Crippen molar-refractivity contribution in [1.82, 2.24) is 4.98 Å². The van der Waals surface area contributed by atoms with Gasteiger partial charge in [-0.1, -0.05) is 43.7 Å². The summed E-state index contributed by atoms with van der Waals surface area (Å²) < 4.78 is 2.13. The fourth-order valence-electron chi connectivity index (χ4n) is 4.06. The molecule has 0 saturated heterocycles. The normalized spacial score (nSPS) is 11.0. The van der Waals surface area contributed by atoms with E-state index in [2.05, 4.69) is 64.6 Å². The lowest BCUT2D eigenvalue weighted by atomic mass is 10.0. The second-order valence-electron chi connectivity index (χ2n) is 7.68. The molecule has 0 aliphatic carbocycles. The number of anilines is 2. The Bertz CT molecular complexity index is 1260. The van der Waals surface area contributed by atoms with Crippen LogP contribution >= 0.6 is 0 Å². The SMILES string of the molecule is C=CCc1c(C)c(C#N)c2[nH]c3ccccc3[n+]2c1Nc1ccc(CCCC)cc1. The summed E-state index contributed by atoms with van der Waals surface area (Å²) >= 11 is 0. The maximum atomic E-state index is 9.89. The molecule has 2 N–H and O–H groups in total. The molecular formula is C26H27N4+. The average molecular weight is 396 g/mol. The molecule has 0 radical (unpaired) electrons. The molecule has 0 spiro atoms. The molecule has 4 rings (SSSR count). The molecule has 30 heavy (non-hydrogen) atoms. The summed E-state index contributed by atoms with van der Waals surface area (Å²) in [6.45, 7) is 8.18. The minimum absolute atomic E-state index is 0.670. The first-order chi connectivity index (χ1) is 14.7. The van der Waals surface area contributed by atoms with Gasteiger partial charge in [0, 0.05) is 5.56 Å². The lowest BCUT2D eigenvalue weighted by Crippen LogP contribution is -2.28.